The fraction of sp³-hybridized carbons (Fsp3) is 0.714. The number of ether oxygens (including phenoxy) is 1. The Bertz CT molecular complexity index is 747. The van der Waals surface area contributed by atoms with Crippen LogP contribution in [0.15, 0.2) is 30.3 Å². The number of benzene rings is 1. The smallest absolute Gasteiger partial charge is 0.218 e. The first-order chi connectivity index (χ1) is 13.5. The fourth-order valence-corrected chi connectivity index (χ4v) is 6.62. The lowest BCUT2D eigenvalue weighted by Gasteiger charge is -2.38. The van der Waals surface area contributed by atoms with Crippen LogP contribution in [0.3, 0.4) is 0 Å². The molecule has 4 rings (SSSR count). The summed E-state index contributed by atoms with van der Waals surface area (Å²) in [6.07, 6.45) is 5.19. The zero-order valence-electron chi connectivity index (χ0n) is 16.5. The normalized spacial score (nSPS) is 28.9. The number of sulfonamides is 1. The molecule has 1 aromatic carbocycles. The summed E-state index contributed by atoms with van der Waals surface area (Å²) in [7, 11) is -3.27. The minimum atomic E-state index is -3.27. The van der Waals surface area contributed by atoms with E-state index in [2.05, 4.69) is 4.90 Å². The molecule has 0 radical (unpaired) electrons. The van der Waals surface area contributed by atoms with Crippen LogP contribution < -0.4 is 0 Å². The zero-order chi connectivity index (χ0) is 19.6. The Morgan fingerprint density at radius 1 is 1.14 bits per heavy atom. The lowest BCUT2D eigenvalue weighted by atomic mass is 9.77. The Labute approximate surface area is 168 Å². The van der Waals surface area contributed by atoms with Crippen LogP contribution in [0.1, 0.15) is 37.7 Å². The molecule has 0 amide bonds. The average Bonchev–Trinajstić information content (AvgIpc) is 3.30. The van der Waals surface area contributed by atoms with Crippen LogP contribution in [0, 0.1) is 5.41 Å². The van der Waals surface area contributed by atoms with Crippen LogP contribution in [-0.4, -0.2) is 74.3 Å². The van der Waals surface area contributed by atoms with Gasteiger partial charge < -0.3 is 9.84 Å². The third-order valence-corrected chi connectivity index (χ3v) is 8.65. The Balaban J connectivity index is 1.30. The molecule has 0 saturated carbocycles. The maximum Gasteiger partial charge on any atom is 0.218 e. The maximum absolute atomic E-state index is 12.8. The molecule has 0 bridgehead atoms. The summed E-state index contributed by atoms with van der Waals surface area (Å²) >= 11 is 0. The van der Waals surface area contributed by atoms with Gasteiger partial charge in [-0.1, -0.05) is 30.3 Å². The molecule has 7 heteroatoms. The Kier molecular flexibility index (Phi) is 6.09. The number of rotatable bonds is 6. The van der Waals surface area contributed by atoms with Gasteiger partial charge in [-0.05, 0) is 49.6 Å². The number of aliphatic hydroxyl groups excluding tert-OH is 1. The first-order valence-corrected chi connectivity index (χ1v) is 12.1. The molecule has 3 aliphatic rings. The fourth-order valence-electron chi connectivity index (χ4n) is 5.08. The van der Waals surface area contributed by atoms with Crippen molar-refractivity contribution >= 4 is 10.0 Å². The van der Waals surface area contributed by atoms with Crippen molar-refractivity contribution in [3.63, 3.8) is 0 Å². The minimum absolute atomic E-state index is 0.0808. The summed E-state index contributed by atoms with van der Waals surface area (Å²) in [5.41, 5.74) is 0.966. The topological polar surface area (TPSA) is 70.1 Å². The van der Waals surface area contributed by atoms with Crippen LogP contribution in [0.2, 0.25) is 0 Å². The van der Waals surface area contributed by atoms with Crippen LogP contribution >= 0.6 is 0 Å². The van der Waals surface area contributed by atoms with E-state index in [0.717, 1.165) is 57.4 Å². The van der Waals surface area contributed by atoms with Crippen molar-refractivity contribution in [2.75, 3.05) is 39.4 Å². The summed E-state index contributed by atoms with van der Waals surface area (Å²) in [6.45, 7) is 4.09. The first kappa shape index (κ1) is 20.3. The molecule has 156 valence electrons. The summed E-state index contributed by atoms with van der Waals surface area (Å²) in [5, 5.41) is 9.52. The van der Waals surface area contributed by atoms with Gasteiger partial charge in [-0.25, -0.2) is 12.7 Å². The van der Waals surface area contributed by atoms with E-state index < -0.39 is 10.0 Å². The van der Waals surface area contributed by atoms with Gasteiger partial charge in [-0.3, -0.25) is 4.90 Å². The molecule has 3 heterocycles. The van der Waals surface area contributed by atoms with Crippen LogP contribution in [0.5, 0.6) is 0 Å². The Morgan fingerprint density at radius 2 is 1.89 bits per heavy atom. The van der Waals surface area contributed by atoms with Gasteiger partial charge in [-0.2, -0.15) is 0 Å². The molecule has 3 saturated heterocycles. The highest BCUT2D eigenvalue weighted by molar-refractivity contribution is 7.88. The number of piperidine rings is 1. The molecule has 2 atom stereocenters. The second-order valence-corrected chi connectivity index (χ2v) is 10.7. The van der Waals surface area contributed by atoms with Crippen molar-refractivity contribution in [3.05, 3.63) is 35.9 Å². The van der Waals surface area contributed by atoms with Crippen molar-refractivity contribution in [3.8, 4) is 0 Å². The summed E-state index contributed by atoms with van der Waals surface area (Å²) in [5.74, 6) is 0.0808. The van der Waals surface area contributed by atoms with Crippen molar-refractivity contribution in [1.29, 1.82) is 0 Å². The quantitative estimate of drug-likeness (QED) is 0.778. The number of likely N-dealkylation sites (tertiary alicyclic amines) is 1. The number of hydrogen-bond acceptors (Lipinski definition) is 5. The average molecular weight is 409 g/mol. The van der Waals surface area contributed by atoms with Gasteiger partial charge >= 0.3 is 0 Å². The summed E-state index contributed by atoms with van der Waals surface area (Å²) < 4.78 is 33.4. The third kappa shape index (κ3) is 4.44. The van der Waals surface area contributed by atoms with Crippen LogP contribution in [0.25, 0.3) is 0 Å². The molecular formula is C21H32N2O4S. The van der Waals surface area contributed by atoms with E-state index in [4.69, 9.17) is 4.74 Å². The van der Waals surface area contributed by atoms with E-state index in [1.54, 1.807) is 4.31 Å². The summed E-state index contributed by atoms with van der Waals surface area (Å²) in [4.78, 5) is 2.36. The van der Waals surface area contributed by atoms with Crippen molar-refractivity contribution in [1.82, 2.24) is 9.21 Å². The van der Waals surface area contributed by atoms with Gasteiger partial charge in [-0.15, -0.1) is 0 Å². The molecule has 0 aromatic heterocycles. The highest BCUT2D eigenvalue weighted by Gasteiger charge is 2.45. The van der Waals surface area contributed by atoms with Crippen molar-refractivity contribution in [2.45, 2.75) is 50.0 Å². The second-order valence-electron chi connectivity index (χ2n) is 8.75. The largest absolute Gasteiger partial charge is 0.395 e. The van der Waals surface area contributed by atoms with Crippen molar-refractivity contribution in [2.24, 2.45) is 5.41 Å². The highest BCUT2D eigenvalue weighted by Crippen LogP contribution is 2.43. The Hall–Kier alpha value is -0.990. The number of hydrogen-bond donors (Lipinski definition) is 1. The molecule has 3 fully saturated rings. The van der Waals surface area contributed by atoms with Crippen molar-refractivity contribution < 1.29 is 18.3 Å². The SMILES string of the molecule is O=S(=O)(Cc1ccccc1)N1CCC2(CC1)CO[C@H](CN1CCC[C@H]1CO)C2. The van der Waals surface area contributed by atoms with E-state index in [1.807, 2.05) is 30.3 Å². The molecule has 6 nitrogen and oxygen atoms in total. The van der Waals surface area contributed by atoms with E-state index in [0.29, 0.717) is 13.1 Å². The monoisotopic (exact) mass is 408 g/mol. The molecule has 0 unspecified atom stereocenters. The minimum Gasteiger partial charge on any atom is -0.395 e. The van der Waals surface area contributed by atoms with Gasteiger partial charge in [0.1, 0.15) is 0 Å². The summed E-state index contributed by atoms with van der Waals surface area (Å²) in [6, 6.07) is 9.70. The molecule has 1 aromatic rings. The maximum atomic E-state index is 12.8. The van der Waals surface area contributed by atoms with E-state index in [9.17, 15) is 13.5 Å². The predicted molar refractivity (Wildman–Crippen MR) is 108 cm³/mol. The molecule has 1 spiro atoms. The van der Waals surface area contributed by atoms with Gasteiger partial charge in [0.25, 0.3) is 0 Å². The molecule has 0 aliphatic carbocycles. The number of nitrogens with zero attached hydrogens (tertiary/aromatic N) is 2. The third-order valence-electron chi connectivity index (χ3n) is 6.80. The Morgan fingerprint density at radius 3 is 2.61 bits per heavy atom. The lowest BCUT2D eigenvalue weighted by molar-refractivity contribution is 0.0480. The van der Waals surface area contributed by atoms with Gasteiger partial charge in [0.15, 0.2) is 0 Å². The van der Waals surface area contributed by atoms with E-state index in [-0.39, 0.29) is 29.9 Å². The molecular weight excluding hydrogens is 376 g/mol. The zero-order valence-corrected chi connectivity index (χ0v) is 17.3. The van der Waals surface area contributed by atoms with Gasteiger partial charge in [0.2, 0.25) is 10.0 Å². The van der Waals surface area contributed by atoms with Gasteiger partial charge in [0.05, 0.1) is 25.1 Å². The number of aliphatic hydroxyl groups is 1. The van der Waals surface area contributed by atoms with Crippen LogP contribution in [0.4, 0.5) is 0 Å². The van der Waals surface area contributed by atoms with E-state index >= 15 is 0 Å². The first-order valence-electron chi connectivity index (χ1n) is 10.5. The van der Waals surface area contributed by atoms with Gasteiger partial charge in [0, 0.05) is 25.7 Å². The second kappa shape index (κ2) is 8.40. The molecule has 3 aliphatic heterocycles. The highest BCUT2D eigenvalue weighted by atomic mass is 32.2. The van der Waals surface area contributed by atoms with E-state index in [1.165, 1.54) is 0 Å². The molecule has 1 N–H and O–H groups in total. The standard InChI is InChI=1S/C21H32N2O4S/c24-15-19-7-4-10-22(19)14-20-13-21(17-27-20)8-11-23(12-9-21)28(25,26)16-18-5-2-1-3-6-18/h1-3,5-6,19-20,24H,4,7-17H2/t19-,20-/m0/s1. The predicted octanol–water partition coefficient (Wildman–Crippen LogP) is 1.84. The molecule has 28 heavy (non-hydrogen) atoms. The lowest BCUT2D eigenvalue weighted by Crippen LogP contribution is -2.44. The van der Waals surface area contributed by atoms with Crippen LogP contribution in [-0.2, 0) is 20.5 Å².